The predicted molar refractivity (Wildman–Crippen MR) is 132 cm³/mol. The Labute approximate surface area is 205 Å². The van der Waals surface area contributed by atoms with Gasteiger partial charge in [0, 0.05) is 37.2 Å². The molecule has 184 valence electrons. The third kappa shape index (κ3) is 5.32. The van der Waals surface area contributed by atoms with Crippen LogP contribution in [0.4, 0.5) is 0 Å². The number of sulfonamides is 1. The number of oxazole rings is 1. The van der Waals surface area contributed by atoms with Crippen LogP contribution in [0, 0.1) is 5.92 Å². The molecule has 0 unspecified atom stereocenters. The zero-order valence-corrected chi connectivity index (χ0v) is 20.3. The highest BCUT2D eigenvalue weighted by Crippen LogP contribution is 2.31. The van der Waals surface area contributed by atoms with E-state index in [0.717, 1.165) is 24.2 Å². The summed E-state index contributed by atoms with van der Waals surface area (Å²) in [6.07, 6.45) is 5.52. The van der Waals surface area contributed by atoms with Gasteiger partial charge in [-0.3, -0.25) is 4.79 Å². The van der Waals surface area contributed by atoms with Gasteiger partial charge in [-0.1, -0.05) is 42.5 Å². The smallest absolute Gasteiger partial charge is 0.240 e. The highest BCUT2D eigenvalue weighted by Gasteiger charge is 2.35. The zero-order valence-electron chi connectivity index (χ0n) is 19.5. The molecule has 1 aliphatic heterocycles. The number of nitrogens with one attached hydrogen (secondary N) is 2. The van der Waals surface area contributed by atoms with Crippen molar-refractivity contribution in [2.45, 2.75) is 42.7 Å². The summed E-state index contributed by atoms with van der Waals surface area (Å²) in [5, 5.41) is 3.40. The van der Waals surface area contributed by atoms with E-state index in [4.69, 9.17) is 4.42 Å². The first-order chi connectivity index (χ1) is 17.0. The SMILES string of the molecule is O=C([C@H]1CC[C@H](NS(=O)(=O)c2ccc(-c3cocn3)cc2)CC1)N1CCNC[C@@H]1c1ccccc1. The lowest BCUT2D eigenvalue weighted by atomic mass is 9.85. The van der Waals surface area contributed by atoms with Gasteiger partial charge in [-0.25, -0.2) is 18.1 Å². The van der Waals surface area contributed by atoms with Crippen LogP contribution in [0.1, 0.15) is 37.3 Å². The maximum atomic E-state index is 13.4. The highest BCUT2D eigenvalue weighted by molar-refractivity contribution is 7.89. The fourth-order valence-electron chi connectivity index (χ4n) is 5.08. The van der Waals surface area contributed by atoms with Gasteiger partial charge in [0.2, 0.25) is 15.9 Å². The summed E-state index contributed by atoms with van der Waals surface area (Å²) in [6, 6.07) is 16.6. The molecule has 1 saturated carbocycles. The number of hydrogen-bond donors (Lipinski definition) is 2. The van der Waals surface area contributed by atoms with Crippen LogP contribution in [0.5, 0.6) is 0 Å². The van der Waals surface area contributed by atoms with E-state index in [1.54, 1.807) is 24.3 Å². The molecule has 1 aliphatic carbocycles. The number of rotatable bonds is 6. The molecule has 9 heteroatoms. The van der Waals surface area contributed by atoms with Gasteiger partial charge >= 0.3 is 0 Å². The lowest BCUT2D eigenvalue weighted by Gasteiger charge is -2.40. The van der Waals surface area contributed by atoms with E-state index < -0.39 is 10.0 Å². The summed E-state index contributed by atoms with van der Waals surface area (Å²) < 4.78 is 33.7. The standard InChI is InChI=1S/C26H30N4O4S/c31-26(30-15-14-27-16-25(30)20-4-2-1-3-5-20)21-6-10-22(11-7-21)29-35(32,33)23-12-8-19(9-13-23)24-17-34-18-28-24/h1-5,8-9,12-13,17-18,21-22,25,27,29H,6-7,10-11,14-16H2/t21-,22-,25-/m1/s1. The van der Waals surface area contributed by atoms with E-state index in [9.17, 15) is 13.2 Å². The van der Waals surface area contributed by atoms with Crippen molar-refractivity contribution in [2.75, 3.05) is 19.6 Å². The van der Waals surface area contributed by atoms with Crippen LogP contribution in [0.25, 0.3) is 11.3 Å². The molecule has 1 aromatic heterocycles. The van der Waals surface area contributed by atoms with Gasteiger partial charge in [-0.05, 0) is 43.4 Å². The van der Waals surface area contributed by atoms with E-state index >= 15 is 0 Å². The van der Waals surface area contributed by atoms with Crippen molar-refractivity contribution in [2.24, 2.45) is 5.92 Å². The summed E-state index contributed by atoms with van der Waals surface area (Å²) in [6.45, 7) is 2.23. The molecule has 1 amide bonds. The minimum atomic E-state index is -3.65. The van der Waals surface area contributed by atoms with E-state index in [0.29, 0.717) is 37.9 Å². The van der Waals surface area contributed by atoms with E-state index in [2.05, 4.69) is 27.2 Å². The first kappa shape index (κ1) is 23.7. The number of carbonyl (C=O) groups excluding carboxylic acids is 1. The zero-order chi connectivity index (χ0) is 24.3. The maximum Gasteiger partial charge on any atom is 0.240 e. The summed E-state index contributed by atoms with van der Waals surface area (Å²) in [5.74, 6) is 0.118. The van der Waals surface area contributed by atoms with Gasteiger partial charge < -0.3 is 14.6 Å². The van der Waals surface area contributed by atoms with Crippen LogP contribution in [0.2, 0.25) is 0 Å². The number of carbonyl (C=O) groups is 1. The van der Waals surface area contributed by atoms with Crippen LogP contribution in [0.15, 0.2) is 76.6 Å². The fraction of sp³-hybridized carbons (Fsp3) is 0.385. The summed E-state index contributed by atoms with van der Waals surface area (Å²) in [5.41, 5.74) is 2.59. The molecule has 2 aliphatic rings. The molecule has 0 spiro atoms. The molecule has 8 nitrogen and oxygen atoms in total. The molecule has 1 atom stereocenters. The van der Waals surface area contributed by atoms with Gasteiger partial charge in [0.25, 0.3) is 0 Å². The molecule has 0 bridgehead atoms. The second kappa shape index (κ2) is 10.3. The van der Waals surface area contributed by atoms with Gasteiger partial charge in [-0.15, -0.1) is 0 Å². The molecule has 1 saturated heterocycles. The van der Waals surface area contributed by atoms with Crippen molar-refractivity contribution in [1.29, 1.82) is 0 Å². The van der Waals surface area contributed by atoms with Crippen molar-refractivity contribution in [3.63, 3.8) is 0 Å². The lowest BCUT2D eigenvalue weighted by molar-refractivity contribution is -0.140. The topological polar surface area (TPSA) is 105 Å². The predicted octanol–water partition coefficient (Wildman–Crippen LogP) is 3.35. The van der Waals surface area contributed by atoms with Gasteiger partial charge in [0.15, 0.2) is 6.39 Å². The Bertz CT molecular complexity index is 1220. The number of piperazine rings is 1. The van der Waals surface area contributed by atoms with Crippen molar-refractivity contribution >= 4 is 15.9 Å². The van der Waals surface area contributed by atoms with Gasteiger partial charge in [-0.2, -0.15) is 0 Å². The van der Waals surface area contributed by atoms with Crippen molar-refractivity contribution < 1.29 is 17.6 Å². The van der Waals surface area contributed by atoms with Crippen LogP contribution < -0.4 is 10.0 Å². The first-order valence-corrected chi connectivity index (χ1v) is 13.6. The van der Waals surface area contributed by atoms with E-state index in [-0.39, 0.29) is 28.8 Å². The summed E-state index contributed by atoms with van der Waals surface area (Å²) in [4.78, 5) is 19.7. The summed E-state index contributed by atoms with van der Waals surface area (Å²) >= 11 is 0. The Morgan fingerprint density at radius 2 is 1.77 bits per heavy atom. The van der Waals surface area contributed by atoms with E-state index in [1.165, 1.54) is 12.7 Å². The molecule has 2 aromatic carbocycles. The number of amides is 1. The summed E-state index contributed by atoms with van der Waals surface area (Å²) in [7, 11) is -3.65. The van der Waals surface area contributed by atoms with Gasteiger partial charge in [0.05, 0.1) is 10.9 Å². The minimum absolute atomic E-state index is 0.0360. The second-order valence-corrected chi connectivity index (χ2v) is 10.9. The highest BCUT2D eigenvalue weighted by atomic mass is 32.2. The van der Waals surface area contributed by atoms with Crippen molar-refractivity contribution in [3.8, 4) is 11.3 Å². The Hall–Kier alpha value is -3.01. The normalized spacial score (nSPS) is 23.2. The Morgan fingerprint density at radius 3 is 2.46 bits per heavy atom. The molecule has 2 heterocycles. The molecule has 2 N–H and O–H groups in total. The van der Waals surface area contributed by atoms with Crippen molar-refractivity contribution in [1.82, 2.24) is 19.9 Å². The third-order valence-corrected chi connectivity index (χ3v) is 8.54. The number of hydrogen-bond acceptors (Lipinski definition) is 6. The minimum Gasteiger partial charge on any atom is -0.451 e. The second-order valence-electron chi connectivity index (χ2n) is 9.23. The first-order valence-electron chi connectivity index (χ1n) is 12.1. The Balaban J connectivity index is 1.19. The Morgan fingerprint density at radius 1 is 1.03 bits per heavy atom. The average Bonchev–Trinajstić information content (AvgIpc) is 3.44. The molecule has 2 fully saturated rings. The maximum absolute atomic E-state index is 13.4. The number of nitrogens with zero attached hydrogens (tertiary/aromatic N) is 2. The quantitative estimate of drug-likeness (QED) is 0.545. The van der Waals surface area contributed by atoms with Gasteiger partial charge in [0.1, 0.15) is 12.0 Å². The fourth-order valence-corrected chi connectivity index (χ4v) is 6.39. The number of aromatic nitrogens is 1. The molecule has 5 rings (SSSR count). The van der Waals surface area contributed by atoms with Crippen LogP contribution in [0.3, 0.4) is 0 Å². The average molecular weight is 495 g/mol. The lowest BCUT2D eigenvalue weighted by Crippen LogP contribution is -2.51. The molecule has 3 aromatic rings. The van der Waals surface area contributed by atoms with Crippen LogP contribution >= 0.6 is 0 Å². The Kier molecular flexibility index (Phi) is 6.99. The number of benzene rings is 2. The molecular formula is C26H30N4O4S. The van der Waals surface area contributed by atoms with Crippen molar-refractivity contribution in [3.05, 3.63) is 72.8 Å². The van der Waals surface area contributed by atoms with Crippen LogP contribution in [-0.4, -0.2) is 49.9 Å². The largest absolute Gasteiger partial charge is 0.451 e. The molecular weight excluding hydrogens is 464 g/mol. The molecule has 0 radical (unpaired) electrons. The van der Waals surface area contributed by atoms with E-state index in [1.807, 2.05) is 23.1 Å². The third-order valence-electron chi connectivity index (χ3n) is 7.00. The molecule has 35 heavy (non-hydrogen) atoms. The van der Waals surface area contributed by atoms with Crippen LogP contribution in [-0.2, 0) is 14.8 Å². The monoisotopic (exact) mass is 494 g/mol.